The van der Waals surface area contributed by atoms with Crippen molar-refractivity contribution >= 4 is 11.0 Å². The number of nitrogens with one attached hydrogen (secondary N) is 1. The minimum absolute atomic E-state index is 0.229. The molecule has 25 heavy (non-hydrogen) atoms. The van der Waals surface area contributed by atoms with E-state index in [9.17, 15) is 0 Å². The van der Waals surface area contributed by atoms with Crippen LogP contribution in [0.4, 0.5) is 0 Å². The molecule has 0 spiro atoms. The van der Waals surface area contributed by atoms with Gasteiger partial charge in [0.1, 0.15) is 0 Å². The lowest BCUT2D eigenvalue weighted by Gasteiger charge is -2.45. The average molecular weight is 344 g/mol. The number of nitrogens with zero attached hydrogens (tertiary/aromatic N) is 2. The molecule has 2 aromatic rings. The van der Waals surface area contributed by atoms with Crippen LogP contribution in [-0.2, 0) is 5.41 Å². The number of benzene rings is 1. The molecular weight excluding hydrogens is 310 g/mol. The number of rotatable bonds is 7. The normalized spacial score (nSPS) is 24.7. The Morgan fingerprint density at radius 3 is 2.88 bits per heavy atom. The molecule has 1 fully saturated rings. The number of methoxy groups -OCH3 is 1. The maximum absolute atomic E-state index is 5.23. The smallest absolute Gasteiger partial charge is 0.294 e. The highest BCUT2D eigenvalue weighted by Gasteiger charge is 2.37. The third-order valence-electron chi connectivity index (χ3n) is 6.21. The predicted molar refractivity (Wildman–Crippen MR) is 104 cm³/mol. The summed E-state index contributed by atoms with van der Waals surface area (Å²) < 4.78 is 5.23. The quantitative estimate of drug-likeness (QED) is 0.738. The number of imidazole rings is 1. The van der Waals surface area contributed by atoms with E-state index in [1.165, 1.54) is 57.3 Å². The first-order valence-corrected chi connectivity index (χ1v) is 9.83. The van der Waals surface area contributed by atoms with Gasteiger partial charge in [0.2, 0.25) is 0 Å². The maximum atomic E-state index is 5.23. The lowest BCUT2D eigenvalue weighted by atomic mass is 9.68. The third-order valence-corrected chi connectivity index (χ3v) is 6.21. The van der Waals surface area contributed by atoms with Gasteiger partial charge in [0.05, 0.1) is 18.1 Å². The number of piperidine rings is 1. The number of aromatic nitrogens is 2. The van der Waals surface area contributed by atoms with Crippen LogP contribution in [0, 0.1) is 5.92 Å². The summed E-state index contributed by atoms with van der Waals surface area (Å²) in [7, 11) is 1.65. The number of H-pyrrole nitrogens is 1. The van der Waals surface area contributed by atoms with Gasteiger partial charge in [0, 0.05) is 6.54 Å². The van der Waals surface area contributed by atoms with Crippen molar-refractivity contribution in [3.8, 4) is 6.01 Å². The van der Waals surface area contributed by atoms with Crippen LogP contribution in [-0.4, -0.2) is 41.6 Å². The Morgan fingerprint density at radius 1 is 1.32 bits per heavy atom. The van der Waals surface area contributed by atoms with Gasteiger partial charge in [-0.2, -0.15) is 4.98 Å². The van der Waals surface area contributed by atoms with E-state index in [1.807, 2.05) is 0 Å². The van der Waals surface area contributed by atoms with E-state index in [0.29, 0.717) is 11.9 Å². The van der Waals surface area contributed by atoms with E-state index in [1.54, 1.807) is 7.11 Å². The highest BCUT2D eigenvalue weighted by Crippen LogP contribution is 2.40. The molecule has 0 aliphatic carbocycles. The van der Waals surface area contributed by atoms with Gasteiger partial charge in [-0.1, -0.05) is 46.1 Å². The lowest BCUT2D eigenvalue weighted by molar-refractivity contribution is 0.109. The zero-order valence-electron chi connectivity index (χ0n) is 16.3. The Morgan fingerprint density at radius 2 is 2.16 bits per heavy atom. The Kier molecular flexibility index (Phi) is 5.67. The number of aromatic amines is 1. The van der Waals surface area contributed by atoms with E-state index in [2.05, 4.69) is 53.8 Å². The molecule has 1 aromatic heterocycles. The van der Waals surface area contributed by atoms with Gasteiger partial charge in [-0.05, 0) is 55.0 Å². The zero-order valence-corrected chi connectivity index (χ0v) is 16.3. The number of fused-ring (bicyclic) bond motifs is 1. The Hall–Kier alpha value is -1.55. The summed E-state index contributed by atoms with van der Waals surface area (Å²) in [6.07, 6.45) is 6.62. The molecule has 0 radical (unpaired) electrons. The van der Waals surface area contributed by atoms with Gasteiger partial charge in [-0.3, -0.25) is 0 Å². The summed E-state index contributed by atoms with van der Waals surface area (Å²) in [5.41, 5.74) is 3.70. The average Bonchev–Trinajstić information content (AvgIpc) is 3.04. The van der Waals surface area contributed by atoms with Crippen LogP contribution in [0.15, 0.2) is 18.2 Å². The maximum Gasteiger partial charge on any atom is 0.294 e. The Labute approximate surface area is 152 Å². The number of unbranched alkanes of at least 4 members (excludes halogenated alkanes) is 3. The van der Waals surface area contributed by atoms with Gasteiger partial charge in [0.15, 0.2) is 0 Å². The molecule has 2 atom stereocenters. The predicted octanol–water partition coefficient (Wildman–Crippen LogP) is 4.75. The highest BCUT2D eigenvalue weighted by molar-refractivity contribution is 5.76. The minimum atomic E-state index is 0.229. The first-order valence-electron chi connectivity index (χ1n) is 9.83. The van der Waals surface area contributed by atoms with E-state index in [4.69, 9.17) is 4.74 Å². The van der Waals surface area contributed by atoms with Crippen molar-refractivity contribution in [1.82, 2.24) is 14.9 Å². The summed E-state index contributed by atoms with van der Waals surface area (Å²) >= 11 is 0. The van der Waals surface area contributed by atoms with E-state index in [-0.39, 0.29) is 5.41 Å². The first kappa shape index (κ1) is 18.2. The Balaban J connectivity index is 1.69. The van der Waals surface area contributed by atoms with Gasteiger partial charge in [-0.15, -0.1) is 0 Å². The van der Waals surface area contributed by atoms with Crippen molar-refractivity contribution in [2.75, 3.05) is 26.7 Å². The molecule has 2 heterocycles. The van der Waals surface area contributed by atoms with Crippen molar-refractivity contribution < 1.29 is 4.74 Å². The highest BCUT2D eigenvalue weighted by atomic mass is 16.5. The number of ether oxygens (including phenoxy) is 1. The van der Waals surface area contributed by atoms with Gasteiger partial charge in [0.25, 0.3) is 6.01 Å². The van der Waals surface area contributed by atoms with Crippen molar-refractivity contribution in [3.63, 3.8) is 0 Å². The molecule has 138 valence electrons. The van der Waals surface area contributed by atoms with Crippen LogP contribution in [0.5, 0.6) is 6.01 Å². The Bertz CT molecular complexity index is 696. The molecule has 4 nitrogen and oxygen atoms in total. The fraction of sp³-hybridized carbons (Fsp3) is 0.667. The standard InChI is InChI=1S/C21H33N3O/c1-5-6-7-8-12-24-13-11-21(3,16(2)15-24)17-9-10-18-19(14-17)23-20(22-18)25-4/h9-10,14,16H,5-8,11-13,15H2,1-4H3,(H,22,23)/t16-,21-/m0/s1. The molecule has 4 heteroatoms. The molecule has 1 N–H and O–H groups in total. The summed E-state index contributed by atoms with van der Waals surface area (Å²) in [6.45, 7) is 10.8. The van der Waals surface area contributed by atoms with E-state index < -0.39 is 0 Å². The van der Waals surface area contributed by atoms with E-state index >= 15 is 0 Å². The monoisotopic (exact) mass is 343 g/mol. The SMILES string of the molecule is CCCCCCN1CC[C@](C)(c2ccc3nc(OC)[nH]c3c2)[C@@H](C)C1. The van der Waals surface area contributed by atoms with Crippen molar-refractivity contribution in [2.45, 2.75) is 58.3 Å². The van der Waals surface area contributed by atoms with Crippen molar-refractivity contribution in [1.29, 1.82) is 0 Å². The number of hydrogen-bond donors (Lipinski definition) is 1. The lowest BCUT2D eigenvalue weighted by Crippen LogP contribution is -2.47. The van der Waals surface area contributed by atoms with Crippen LogP contribution in [0.3, 0.4) is 0 Å². The van der Waals surface area contributed by atoms with Crippen LogP contribution in [0.1, 0.15) is 58.4 Å². The molecule has 0 saturated carbocycles. The fourth-order valence-electron chi connectivity index (χ4n) is 4.15. The molecule has 1 aliphatic rings. The molecule has 1 aliphatic heterocycles. The summed E-state index contributed by atoms with van der Waals surface area (Å²) in [5, 5.41) is 0. The van der Waals surface area contributed by atoms with Crippen LogP contribution in [0.2, 0.25) is 0 Å². The molecule has 3 rings (SSSR count). The van der Waals surface area contributed by atoms with Crippen molar-refractivity contribution in [2.24, 2.45) is 5.92 Å². The number of likely N-dealkylation sites (tertiary alicyclic amines) is 1. The molecule has 0 bridgehead atoms. The topological polar surface area (TPSA) is 41.2 Å². The van der Waals surface area contributed by atoms with Gasteiger partial charge in [-0.25, -0.2) is 0 Å². The molecule has 1 saturated heterocycles. The van der Waals surface area contributed by atoms with Gasteiger partial charge < -0.3 is 14.6 Å². The van der Waals surface area contributed by atoms with Crippen molar-refractivity contribution in [3.05, 3.63) is 23.8 Å². The molecule has 0 amide bonds. The summed E-state index contributed by atoms with van der Waals surface area (Å²) in [6, 6.07) is 7.25. The zero-order chi connectivity index (χ0) is 17.9. The van der Waals surface area contributed by atoms with Crippen LogP contribution >= 0.6 is 0 Å². The second kappa shape index (κ2) is 7.77. The second-order valence-corrected chi connectivity index (χ2v) is 7.91. The summed E-state index contributed by atoms with van der Waals surface area (Å²) in [4.78, 5) is 10.4. The minimum Gasteiger partial charge on any atom is -0.468 e. The molecular formula is C21H33N3O. The van der Waals surface area contributed by atoms with Crippen LogP contribution < -0.4 is 4.74 Å². The van der Waals surface area contributed by atoms with Crippen LogP contribution in [0.25, 0.3) is 11.0 Å². The van der Waals surface area contributed by atoms with E-state index in [0.717, 1.165) is 11.0 Å². The first-order chi connectivity index (χ1) is 12.1. The third kappa shape index (κ3) is 3.84. The largest absolute Gasteiger partial charge is 0.468 e. The fourth-order valence-corrected chi connectivity index (χ4v) is 4.15. The second-order valence-electron chi connectivity index (χ2n) is 7.91. The summed E-state index contributed by atoms with van der Waals surface area (Å²) in [5.74, 6) is 0.648. The molecule has 1 aromatic carbocycles. The van der Waals surface area contributed by atoms with Gasteiger partial charge >= 0.3 is 0 Å². The molecule has 0 unspecified atom stereocenters. The number of hydrogen-bond acceptors (Lipinski definition) is 3.